The highest BCUT2D eigenvalue weighted by molar-refractivity contribution is 6.24. The SMILES string of the molecule is CCC(CC)CCc1ccc(O)c2c1CC1CC3CC(O)=C(C(N)=O)C(=O)[C@@]3(O)C(O)=C1C2=O. The highest BCUT2D eigenvalue weighted by atomic mass is 16.3. The third kappa shape index (κ3) is 3.43. The number of aliphatic hydroxyl groups is 3. The highest BCUT2D eigenvalue weighted by Crippen LogP contribution is 2.51. The molecule has 0 saturated carbocycles. The van der Waals surface area contributed by atoms with Gasteiger partial charge in [-0.2, -0.15) is 0 Å². The Morgan fingerprint density at radius 2 is 1.82 bits per heavy atom. The van der Waals surface area contributed by atoms with Gasteiger partial charge in [-0.15, -0.1) is 0 Å². The molecule has 8 heteroatoms. The fourth-order valence-electron chi connectivity index (χ4n) is 5.97. The van der Waals surface area contributed by atoms with Crippen LogP contribution >= 0.6 is 0 Å². The van der Waals surface area contributed by atoms with Crippen molar-refractivity contribution >= 4 is 17.5 Å². The first kappa shape index (κ1) is 24.0. The minimum Gasteiger partial charge on any atom is -0.511 e. The van der Waals surface area contributed by atoms with Crippen LogP contribution in [0.25, 0.3) is 0 Å². The lowest BCUT2D eigenvalue weighted by molar-refractivity contribution is -0.144. The zero-order valence-electron chi connectivity index (χ0n) is 19.4. The van der Waals surface area contributed by atoms with E-state index in [2.05, 4.69) is 13.8 Å². The van der Waals surface area contributed by atoms with Crippen LogP contribution in [0.3, 0.4) is 0 Å². The second-order valence-corrected chi connectivity index (χ2v) is 9.73. The molecular weight excluding hydrogens is 438 g/mol. The molecule has 0 aromatic heterocycles. The Kier molecular flexibility index (Phi) is 6.06. The van der Waals surface area contributed by atoms with Gasteiger partial charge in [-0.3, -0.25) is 14.4 Å². The predicted octanol–water partition coefficient (Wildman–Crippen LogP) is 2.95. The fourth-order valence-corrected chi connectivity index (χ4v) is 5.97. The Morgan fingerprint density at radius 3 is 2.44 bits per heavy atom. The van der Waals surface area contributed by atoms with Crippen LogP contribution in [-0.4, -0.2) is 43.5 Å². The van der Waals surface area contributed by atoms with E-state index < -0.39 is 52.0 Å². The smallest absolute Gasteiger partial charge is 0.255 e. The molecule has 2 unspecified atom stereocenters. The van der Waals surface area contributed by atoms with Crippen molar-refractivity contribution in [2.24, 2.45) is 23.5 Å². The largest absolute Gasteiger partial charge is 0.511 e. The Hall–Kier alpha value is -3.13. The molecule has 3 aliphatic rings. The van der Waals surface area contributed by atoms with E-state index >= 15 is 0 Å². The normalized spacial score (nSPS) is 26.5. The van der Waals surface area contributed by atoms with Gasteiger partial charge in [0.25, 0.3) is 5.91 Å². The first-order valence-electron chi connectivity index (χ1n) is 11.9. The average Bonchev–Trinajstić information content (AvgIpc) is 2.78. The molecule has 3 aliphatic carbocycles. The number of amides is 1. The molecule has 0 fully saturated rings. The molecule has 0 radical (unpaired) electrons. The topological polar surface area (TPSA) is 158 Å². The van der Waals surface area contributed by atoms with E-state index in [1.54, 1.807) is 0 Å². The lowest BCUT2D eigenvalue weighted by atomic mass is 9.60. The highest BCUT2D eigenvalue weighted by Gasteiger charge is 2.59. The zero-order chi connectivity index (χ0) is 24.9. The van der Waals surface area contributed by atoms with Crippen LogP contribution in [-0.2, 0) is 22.4 Å². The summed E-state index contributed by atoms with van der Waals surface area (Å²) in [6.45, 7) is 4.29. The van der Waals surface area contributed by atoms with Gasteiger partial charge < -0.3 is 26.2 Å². The van der Waals surface area contributed by atoms with Gasteiger partial charge in [0, 0.05) is 17.9 Å². The Bertz CT molecular complexity index is 1140. The van der Waals surface area contributed by atoms with Crippen LogP contribution in [0.1, 0.15) is 67.4 Å². The standard InChI is InChI=1S/C26H31NO7/c1-3-12(4-2)5-6-13-7-8-17(28)20-16(13)10-14-9-15-11-18(29)21(25(27)33)24(32)26(15,34)23(31)19(14)22(20)30/h7-8,12,14-15,28-29,31,34H,3-6,9-11H2,1-2H3,(H2,27,33)/t14?,15?,26-/m0/s1. The van der Waals surface area contributed by atoms with Crippen molar-refractivity contribution in [2.45, 2.75) is 64.4 Å². The van der Waals surface area contributed by atoms with Gasteiger partial charge >= 0.3 is 0 Å². The lowest BCUT2D eigenvalue weighted by Gasteiger charge is -2.45. The van der Waals surface area contributed by atoms with Crippen molar-refractivity contribution in [2.75, 3.05) is 0 Å². The molecule has 8 nitrogen and oxygen atoms in total. The second kappa shape index (κ2) is 8.58. The number of benzene rings is 1. The van der Waals surface area contributed by atoms with E-state index in [0.29, 0.717) is 12.3 Å². The first-order valence-corrected chi connectivity index (χ1v) is 11.9. The first-order chi connectivity index (χ1) is 16.1. The van der Waals surface area contributed by atoms with Gasteiger partial charge in [-0.05, 0) is 54.7 Å². The number of aryl methyl sites for hydroxylation is 1. The Balaban J connectivity index is 1.79. The number of aliphatic hydroxyl groups excluding tert-OH is 2. The average molecular weight is 470 g/mol. The maximum atomic E-state index is 13.5. The van der Waals surface area contributed by atoms with E-state index in [1.165, 1.54) is 6.07 Å². The van der Waals surface area contributed by atoms with Gasteiger partial charge in [-0.1, -0.05) is 32.8 Å². The molecular formula is C26H31NO7. The molecule has 0 spiro atoms. The summed E-state index contributed by atoms with van der Waals surface area (Å²) < 4.78 is 0. The molecule has 182 valence electrons. The monoisotopic (exact) mass is 469 g/mol. The molecule has 1 aromatic carbocycles. The van der Waals surface area contributed by atoms with Crippen LogP contribution < -0.4 is 5.73 Å². The number of Topliss-reactive ketones (excluding diaryl/α,β-unsaturated/α-hetero) is 2. The van der Waals surface area contributed by atoms with E-state index in [1.807, 2.05) is 6.07 Å². The zero-order valence-corrected chi connectivity index (χ0v) is 19.4. The maximum Gasteiger partial charge on any atom is 0.255 e. The van der Waals surface area contributed by atoms with E-state index in [4.69, 9.17) is 5.73 Å². The number of rotatable bonds is 6. The van der Waals surface area contributed by atoms with E-state index in [9.17, 15) is 34.8 Å². The molecule has 0 saturated heterocycles. The van der Waals surface area contributed by atoms with Gasteiger partial charge in [0.2, 0.25) is 5.78 Å². The summed E-state index contributed by atoms with van der Waals surface area (Å²) in [4.78, 5) is 38.2. The van der Waals surface area contributed by atoms with Crippen molar-refractivity contribution in [1.82, 2.24) is 0 Å². The van der Waals surface area contributed by atoms with E-state index in [-0.39, 0.29) is 29.7 Å². The summed E-state index contributed by atoms with van der Waals surface area (Å²) in [5.74, 6) is -5.49. The van der Waals surface area contributed by atoms with Crippen LogP contribution in [0.15, 0.2) is 34.8 Å². The van der Waals surface area contributed by atoms with Gasteiger partial charge in [0.1, 0.15) is 22.8 Å². The number of carbonyl (C=O) groups excluding carboxylic acids is 3. The number of hydrogen-bond donors (Lipinski definition) is 5. The van der Waals surface area contributed by atoms with Gasteiger partial charge in [0.05, 0.1) is 5.56 Å². The number of allylic oxidation sites excluding steroid dienone is 2. The predicted molar refractivity (Wildman–Crippen MR) is 123 cm³/mol. The number of ketones is 2. The lowest BCUT2D eigenvalue weighted by Crippen LogP contribution is -2.57. The number of fused-ring (bicyclic) bond motifs is 3. The number of phenolic OH excluding ortho intramolecular Hbond substituents is 1. The summed E-state index contributed by atoms with van der Waals surface area (Å²) >= 11 is 0. The van der Waals surface area contributed by atoms with Crippen LogP contribution in [0, 0.1) is 17.8 Å². The van der Waals surface area contributed by atoms with Crippen molar-refractivity contribution in [3.8, 4) is 5.75 Å². The minimum atomic E-state index is -2.53. The minimum absolute atomic E-state index is 0.0821. The van der Waals surface area contributed by atoms with Crippen molar-refractivity contribution in [3.05, 3.63) is 51.5 Å². The summed E-state index contributed by atoms with van der Waals surface area (Å²) in [6.07, 6.45) is 4.07. The third-order valence-electron chi connectivity index (χ3n) is 8.02. The number of hydrogen-bond acceptors (Lipinski definition) is 7. The molecule has 3 atom stereocenters. The van der Waals surface area contributed by atoms with Crippen LogP contribution in [0.5, 0.6) is 5.75 Å². The molecule has 0 aliphatic heterocycles. The molecule has 6 N–H and O–H groups in total. The summed E-state index contributed by atoms with van der Waals surface area (Å²) in [5, 5.41) is 43.1. The van der Waals surface area contributed by atoms with Gasteiger partial charge in [-0.25, -0.2) is 0 Å². The molecule has 0 heterocycles. The molecule has 1 aromatic rings. The number of nitrogens with two attached hydrogens (primary N) is 1. The number of phenols is 1. The van der Waals surface area contributed by atoms with Crippen molar-refractivity contribution in [1.29, 1.82) is 0 Å². The summed E-state index contributed by atoms with van der Waals surface area (Å²) in [7, 11) is 0. The van der Waals surface area contributed by atoms with Crippen LogP contribution in [0.2, 0.25) is 0 Å². The Labute approximate surface area is 197 Å². The van der Waals surface area contributed by atoms with Crippen molar-refractivity contribution in [3.63, 3.8) is 0 Å². The second-order valence-electron chi connectivity index (χ2n) is 9.73. The van der Waals surface area contributed by atoms with Gasteiger partial charge in [0.15, 0.2) is 11.4 Å². The quantitative estimate of drug-likeness (QED) is 0.401. The molecule has 4 rings (SSSR count). The molecule has 0 bridgehead atoms. The summed E-state index contributed by atoms with van der Waals surface area (Å²) in [6, 6.07) is 3.30. The third-order valence-corrected chi connectivity index (χ3v) is 8.02. The molecule has 34 heavy (non-hydrogen) atoms. The van der Waals surface area contributed by atoms with Crippen molar-refractivity contribution < 1.29 is 34.8 Å². The maximum absolute atomic E-state index is 13.5. The fraction of sp³-hybridized carbons (Fsp3) is 0.500. The van der Waals surface area contributed by atoms with Crippen LogP contribution in [0.4, 0.5) is 0 Å². The number of primary amides is 1. The summed E-state index contributed by atoms with van der Waals surface area (Å²) in [5.41, 5.74) is 3.57. The number of carbonyl (C=O) groups is 3. The number of aromatic hydroxyl groups is 1. The molecule has 1 amide bonds. The van der Waals surface area contributed by atoms with E-state index in [0.717, 1.165) is 36.8 Å². The Morgan fingerprint density at radius 1 is 1.15 bits per heavy atom.